The maximum atomic E-state index is 10.7. The van der Waals surface area contributed by atoms with Gasteiger partial charge in [-0.2, -0.15) is 0 Å². The molecule has 70 valence electrons. The highest BCUT2D eigenvalue weighted by molar-refractivity contribution is 5.76. The highest BCUT2D eigenvalue weighted by Crippen LogP contribution is 2.19. The van der Waals surface area contributed by atoms with E-state index in [1.54, 1.807) is 0 Å². The van der Waals surface area contributed by atoms with Gasteiger partial charge in [-0.05, 0) is 18.8 Å². The second-order valence-electron chi connectivity index (χ2n) is 3.51. The topological polar surface area (TPSA) is 54.4 Å². The maximum Gasteiger partial charge on any atom is 0.303 e. The Morgan fingerprint density at radius 3 is 2.00 bits per heavy atom. The van der Waals surface area contributed by atoms with Crippen LogP contribution in [0.15, 0.2) is 0 Å². The van der Waals surface area contributed by atoms with Gasteiger partial charge in [0.1, 0.15) is 5.78 Å². The van der Waals surface area contributed by atoms with Crippen LogP contribution in [-0.4, -0.2) is 16.9 Å². The minimum atomic E-state index is -0.824. The average Bonchev–Trinajstić information content (AvgIpc) is 1.83. The lowest BCUT2D eigenvalue weighted by Crippen LogP contribution is -2.16. The van der Waals surface area contributed by atoms with E-state index < -0.39 is 5.97 Å². The van der Waals surface area contributed by atoms with Crippen molar-refractivity contribution < 1.29 is 14.7 Å². The summed E-state index contributed by atoms with van der Waals surface area (Å²) < 4.78 is 0. The van der Waals surface area contributed by atoms with Crippen LogP contribution in [-0.2, 0) is 9.59 Å². The molecule has 1 unspecified atom stereocenters. The molecule has 0 saturated carbocycles. The van der Waals surface area contributed by atoms with Crippen molar-refractivity contribution >= 4 is 11.8 Å². The largest absolute Gasteiger partial charge is 0.481 e. The molecule has 1 N–H and O–H groups in total. The predicted octanol–water partition coefficient (Wildman–Crippen LogP) is 1.71. The molecule has 0 aliphatic rings. The summed E-state index contributed by atoms with van der Waals surface area (Å²) in [5.41, 5.74) is 0. The van der Waals surface area contributed by atoms with E-state index in [1.165, 1.54) is 6.92 Å². The molecule has 0 heterocycles. The first-order valence-electron chi connectivity index (χ1n) is 4.14. The van der Waals surface area contributed by atoms with E-state index in [2.05, 4.69) is 0 Å². The number of hydrogen-bond donors (Lipinski definition) is 1. The Balaban J connectivity index is 4.04. The third-order valence-corrected chi connectivity index (χ3v) is 1.93. The normalized spacial score (nSPS) is 13.0. The van der Waals surface area contributed by atoms with Crippen LogP contribution in [0.2, 0.25) is 0 Å². The summed E-state index contributed by atoms with van der Waals surface area (Å²) in [6.45, 7) is 5.38. The molecule has 0 bridgehead atoms. The molecule has 0 spiro atoms. The zero-order valence-corrected chi connectivity index (χ0v) is 7.83. The average molecular weight is 172 g/mol. The monoisotopic (exact) mass is 172 g/mol. The van der Waals surface area contributed by atoms with Gasteiger partial charge >= 0.3 is 5.97 Å². The van der Waals surface area contributed by atoms with E-state index in [4.69, 9.17) is 5.11 Å². The van der Waals surface area contributed by atoms with E-state index in [-0.39, 0.29) is 24.0 Å². The molecular weight excluding hydrogens is 156 g/mol. The van der Waals surface area contributed by atoms with Crippen LogP contribution < -0.4 is 0 Å². The van der Waals surface area contributed by atoms with Crippen LogP contribution in [0.1, 0.15) is 33.6 Å². The first-order chi connectivity index (χ1) is 5.43. The molecule has 3 nitrogen and oxygen atoms in total. The Labute approximate surface area is 72.8 Å². The Morgan fingerprint density at radius 1 is 1.25 bits per heavy atom. The minimum Gasteiger partial charge on any atom is -0.481 e. The third kappa shape index (κ3) is 4.88. The number of carboxylic acid groups (broad SMARTS) is 1. The fraction of sp³-hybridized carbons (Fsp3) is 0.778. The van der Waals surface area contributed by atoms with Crippen molar-refractivity contribution in [3.63, 3.8) is 0 Å². The van der Waals surface area contributed by atoms with Crippen molar-refractivity contribution in [1.29, 1.82) is 0 Å². The highest BCUT2D eigenvalue weighted by Gasteiger charge is 2.18. The smallest absolute Gasteiger partial charge is 0.303 e. The van der Waals surface area contributed by atoms with Crippen molar-refractivity contribution in [3.8, 4) is 0 Å². The lowest BCUT2D eigenvalue weighted by Gasteiger charge is -2.16. The standard InChI is InChI=1S/C9H16O3/c1-6(2)8(4-7(3)10)5-9(11)12/h6,8H,4-5H2,1-3H3,(H,11,12). The third-order valence-electron chi connectivity index (χ3n) is 1.93. The second-order valence-corrected chi connectivity index (χ2v) is 3.51. The molecule has 0 aliphatic carbocycles. The van der Waals surface area contributed by atoms with Crippen LogP contribution in [0.25, 0.3) is 0 Å². The summed E-state index contributed by atoms with van der Waals surface area (Å²) in [7, 11) is 0. The molecule has 1 atom stereocenters. The quantitative estimate of drug-likeness (QED) is 0.686. The maximum absolute atomic E-state index is 10.7. The Morgan fingerprint density at radius 2 is 1.75 bits per heavy atom. The molecule has 0 aliphatic heterocycles. The van der Waals surface area contributed by atoms with E-state index in [1.807, 2.05) is 13.8 Å². The minimum absolute atomic E-state index is 0.0139. The summed E-state index contributed by atoms with van der Waals surface area (Å²) in [5.74, 6) is -0.519. The van der Waals surface area contributed by atoms with Gasteiger partial charge in [0.2, 0.25) is 0 Å². The Hall–Kier alpha value is -0.860. The lowest BCUT2D eigenvalue weighted by atomic mass is 9.88. The number of carbonyl (C=O) groups excluding carboxylic acids is 1. The van der Waals surface area contributed by atoms with Crippen LogP contribution >= 0.6 is 0 Å². The first kappa shape index (κ1) is 11.1. The summed E-state index contributed by atoms with van der Waals surface area (Å²) in [6, 6.07) is 0. The van der Waals surface area contributed by atoms with Gasteiger partial charge in [-0.25, -0.2) is 0 Å². The van der Waals surface area contributed by atoms with Crippen molar-refractivity contribution in [1.82, 2.24) is 0 Å². The molecule has 0 rings (SSSR count). The van der Waals surface area contributed by atoms with Crippen LogP contribution in [0.3, 0.4) is 0 Å². The molecule has 0 saturated heterocycles. The van der Waals surface area contributed by atoms with Gasteiger partial charge in [0.15, 0.2) is 0 Å². The number of hydrogen-bond acceptors (Lipinski definition) is 2. The van der Waals surface area contributed by atoms with Crippen molar-refractivity contribution in [3.05, 3.63) is 0 Å². The van der Waals surface area contributed by atoms with E-state index in [0.717, 1.165) is 0 Å². The van der Waals surface area contributed by atoms with Gasteiger partial charge in [0.25, 0.3) is 0 Å². The lowest BCUT2D eigenvalue weighted by molar-refractivity contribution is -0.138. The molecule has 0 aromatic rings. The molecule has 0 aromatic carbocycles. The highest BCUT2D eigenvalue weighted by atomic mass is 16.4. The Kier molecular flexibility index (Phi) is 4.55. The molecule has 12 heavy (non-hydrogen) atoms. The molecular formula is C9H16O3. The number of rotatable bonds is 5. The molecule has 0 radical (unpaired) electrons. The van der Waals surface area contributed by atoms with Gasteiger partial charge in [-0.15, -0.1) is 0 Å². The number of ketones is 1. The van der Waals surface area contributed by atoms with Crippen molar-refractivity contribution in [2.75, 3.05) is 0 Å². The molecule has 0 amide bonds. The predicted molar refractivity (Wildman–Crippen MR) is 45.9 cm³/mol. The van der Waals surface area contributed by atoms with E-state index in [0.29, 0.717) is 6.42 Å². The van der Waals surface area contributed by atoms with Crippen molar-refractivity contribution in [2.24, 2.45) is 11.8 Å². The van der Waals surface area contributed by atoms with Gasteiger partial charge in [0.05, 0.1) is 0 Å². The van der Waals surface area contributed by atoms with Crippen LogP contribution in [0, 0.1) is 11.8 Å². The van der Waals surface area contributed by atoms with Gasteiger partial charge in [0, 0.05) is 12.8 Å². The number of Topliss-reactive ketones (excluding diaryl/α,β-unsaturated/α-hetero) is 1. The zero-order chi connectivity index (χ0) is 9.72. The number of carbonyl (C=O) groups is 2. The zero-order valence-electron chi connectivity index (χ0n) is 7.83. The molecule has 0 aromatic heterocycles. The SMILES string of the molecule is CC(=O)CC(CC(=O)O)C(C)C. The fourth-order valence-electron chi connectivity index (χ4n) is 1.14. The summed E-state index contributed by atoms with van der Waals surface area (Å²) in [4.78, 5) is 21.1. The van der Waals surface area contributed by atoms with Crippen molar-refractivity contribution in [2.45, 2.75) is 33.6 Å². The van der Waals surface area contributed by atoms with Gasteiger partial charge in [-0.1, -0.05) is 13.8 Å². The Bertz CT molecular complexity index is 157. The van der Waals surface area contributed by atoms with Gasteiger partial charge < -0.3 is 9.90 Å². The van der Waals surface area contributed by atoms with Crippen LogP contribution in [0.4, 0.5) is 0 Å². The number of aliphatic carboxylic acids is 1. The molecule has 3 heteroatoms. The first-order valence-corrected chi connectivity index (χ1v) is 4.14. The molecule has 0 fully saturated rings. The summed E-state index contributed by atoms with van der Waals surface area (Å²) in [6.07, 6.45) is 0.473. The number of carboxylic acids is 1. The van der Waals surface area contributed by atoms with Gasteiger partial charge in [-0.3, -0.25) is 4.79 Å². The van der Waals surface area contributed by atoms with Crippen LogP contribution in [0.5, 0.6) is 0 Å². The van der Waals surface area contributed by atoms with E-state index >= 15 is 0 Å². The second kappa shape index (κ2) is 4.91. The summed E-state index contributed by atoms with van der Waals surface area (Å²) in [5, 5.41) is 8.53. The fourth-order valence-corrected chi connectivity index (χ4v) is 1.14. The summed E-state index contributed by atoms with van der Waals surface area (Å²) >= 11 is 0. The van der Waals surface area contributed by atoms with E-state index in [9.17, 15) is 9.59 Å².